The number of benzene rings is 1. The summed E-state index contributed by atoms with van der Waals surface area (Å²) < 4.78 is 0. The molecule has 1 aliphatic rings. The zero-order valence-corrected chi connectivity index (χ0v) is 15.4. The molecule has 1 N–H and O–H groups in total. The van der Waals surface area contributed by atoms with Crippen LogP contribution < -0.4 is 0 Å². The molecular weight excluding hydrogens is 296 g/mol. The summed E-state index contributed by atoms with van der Waals surface area (Å²) in [5.41, 5.74) is 5.78. The summed E-state index contributed by atoms with van der Waals surface area (Å²) in [5.74, 6) is -0.931. The number of carboxylic acids is 1. The van der Waals surface area contributed by atoms with Gasteiger partial charge in [0.2, 0.25) is 0 Å². The van der Waals surface area contributed by atoms with E-state index in [1.165, 1.54) is 41.2 Å². The quantitative estimate of drug-likeness (QED) is 0.575. The first-order valence-electron chi connectivity index (χ1n) is 8.53. The third-order valence-electron chi connectivity index (χ3n) is 5.12. The monoisotopic (exact) mass is 324 g/mol. The van der Waals surface area contributed by atoms with Gasteiger partial charge in [0.05, 0.1) is 0 Å². The number of allylic oxidation sites excluding steroid dienone is 5. The summed E-state index contributed by atoms with van der Waals surface area (Å²) in [6.07, 6.45) is 10.7. The molecule has 0 aromatic heterocycles. The van der Waals surface area contributed by atoms with Gasteiger partial charge in [-0.1, -0.05) is 70.2 Å². The Labute approximate surface area is 145 Å². The molecule has 2 rings (SSSR count). The Balaban J connectivity index is 2.32. The van der Waals surface area contributed by atoms with Crippen molar-refractivity contribution < 1.29 is 9.90 Å². The second-order valence-corrected chi connectivity index (χ2v) is 7.96. The molecule has 2 nitrogen and oxygen atoms in total. The van der Waals surface area contributed by atoms with Crippen molar-refractivity contribution in [2.24, 2.45) is 0 Å². The number of hydrogen-bond acceptors (Lipinski definition) is 1. The topological polar surface area (TPSA) is 37.3 Å². The fourth-order valence-corrected chi connectivity index (χ4v) is 3.33. The molecule has 0 radical (unpaired) electrons. The van der Waals surface area contributed by atoms with E-state index in [1.807, 2.05) is 12.2 Å². The lowest BCUT2D eigenvalue weighted by molar-refractivity contribution is -0.131. The van der Waals surface area contributed by atoms with Crippen LogP contribution in [0.25, 0.3) is 5.57 Å². The van der Waals surface area contributed by atoms with Crippen LogP contribution in [0, 0.1) is 0 Å². The van der Waals surface area contributed by atoms with Gasteiger partial charge in [-0.05, 0) is 52.9 Å². The highest BCUT2D eigenvalue weighted by Gasteiger charge is 2.36. The Morgan fingerprint density at radius 3 is 2.25 bits per heavy atom. The number of rotatable bonds is 4. The largest absolute Gasteiger partial charge is 0.478 e. The highest BCUT2D eigenvalue weighted by atomic mass is 16.4. The van der Waals surface area contributed by atoms with Gasteiger partial charge in [-0.3, -0.25) is 0 Å². The summed E-state index contributed by atoms with van der Waals surface area (Å²) in [7, 11) is 0. The van der Waals surface area contributed by atoms with Crippen LogP contribution in [-0.4, -0.2) is 11.1 Å². The van der Waals surface area contributed by atoms with Crippen molar-refractivity contribution in [3.8, 4) is 0 Å². The van der Waals surface area contributed by atoms with E-state index >= 15 is 0 Å². The molecule has 0 bridgehead atoms. The third-order valence-corrected chi connectivity index (χ3v) is 5.12. The van der Waals surface area contributed by atoms with E-state index in [0.29, 0.717) is 0 Å². The summed E-state index contributed by atoms with van der Waals surface area (Å²) >= 11 is 0. The van der Waals surface area contributed by atoms with Crippen LogP contribution >= 0.6 is 0 Å². The van der Waals surface area contributed by atoms with Crippen LogP contribution in [0.4, 0.5) is 0 Å². The number of fused-ring (bicyclic) bond motifs is 1. The number of carbonyl (C=O) groups is 1. The van der Waals surface area contributed by atoms with Gasteiger partial charge < -0.3 is 5.11 Å². The van der Waals surface area contributed by atoms with Gasteiger partial charge in [0.1, 0.15) is 0 Å². The number of hydrogen-bond donors (Lipinski definition) is 1. The molecule has 2 heteroatoms. The lowest BCUT2D eigenvalue weighted by Gasteiger charge is -2.42. The van der Waals surface area contributed by atoms with Crippen LogP contribution in [0.15, 0.2) is 48.6 Å². The maximum atomic E-state index is 10.4. The zero-order chi connectivity index (χ0) is 18.0. The maximum Gasteiger partial charge on any atom is 0.328 e. The number of aliphatic carboxylic acids is 1. The van der Waals surface area contributed by atoms with Crippen LogP contribution in [0.2, 0.25) is 0 Å². The van der Waals surface area contributed by atoms with Gasteiger partial charge in [-0.15, -0.1) is 0 Å². The van der Waals surface area contributed by atoms with Crippen LogP contribution in [0.3, 0.4) is 0 Å². The molecule has 0 fully saturated rings. The molecule has 0 saturated carbocycles. The van der Waals surface area contributed by atoms with E-state index in [4.69, 9.17) is 5.11 Å². The summed E-state index contributed by atoms with van der Waals surface area (Å²) in [6.45, 7) is 11.4. The molecule has 1 aromatic rings. The summed E-state index contributed by atoms with van der Waals surface area (Å²) in [6, 6.07) is 6.83. The van der Waals surface area contributed by atoms with Crippen molar-refractivity contribution in [1.29, 1.82) is 0 Å². The highest BCUT2D eigenvalue weighted by molar-refractivity contribution is 5.80. The molecule has 0 aliphatic heterocycles. The van der Waals surface area contributed by atoms with Gasteiger partial charge >= 0.3 is 5.97 Å². The van der Waals surface area contributed by atoms with E-state index in [2.05, 4.69) is 52.8 Å². The maximum absolute atomic E-state index is 10.4. The Morgan fingerprint density at radius 1 is 1.00 bits per heavy atom. The van der Waals surface area contributed by atoms with Gasteiger partial charge in [-0.2, -0.15) is 0 Å². The minimum Gasteiger partial charge on any atom is -0.478 e. The van der Waals surface area contributed by atoms with Gasteiger partial charge in [-0.25, -0.2) is 4.79 Å². The van der Waals surface area contributed by atoms with Gasteiger partial charge in [0.25, 0.3) is 0 Å². The highest BCUT2D eigenvalue weighted by Crippen LogP contribution is 2.46. The molecule has 0 atom stereocenters. The standard InChI is InChI=1S/C22H28O2/c1-16(9-7-6-8-10-20(23)24)17-11-12-18-19(15-17)22(4,5)14-13-21(18,2)3/h6-12,15H,13-14H2,1-5H3,(H,23,24)/b7-6+,10-8+,16-9+. The molecule has 24 heavy (non-hydrogen) atoms. The van der Waals surface area contributed by atoms with E-state index in [9.17, 15) is 4.79 Å². The van der Waals surface area contributed by atoms with Crippen molar-refractivity contribution in [2.45, 2.75) is 58.3 Å². The van der Waals surface area contributed by atoms with E-state index in [0.717, 1.165) is 6.08 Å². The van der Waals surface area contributed by atoms with Crippen molar-refractivity contribution in [3.63, 3.8) is 0 Å². The molecule has 0 spiro atoms. The van der Waals surface area contributed by atoms with Crippen molar-refractivity contribution in [1.82, 2.24) is 0 Å². The van der Waals surface area contributed by atoms with Gasteiger partial charge in [0.15, 0.2) is 0 Å². The lowest BCUT2D eigenvalue weighted by Crippen LogP contribution is -2.33. The zero-order valence-electron chi connectivity index (χ0n) is 15.4. The second kappa shape index (κ2) is 6.80. The molecule has 0 saturated heterocycles. The van der Waals surface area contributed by atoms with E-state index < -0.39 is 5.97 Å². The Morgan fingerprint density at radius 2 is 1.62 bits per heavy atom. The first-order chi connectivity index (χ1) is 11.1. The summed E-state index contributed by atoms with van der Waals surface area (Å²) in [5, 5.41) is 8.57. The average Bonchev–Trinajstić information content (AvgIpc) is 2.51. The lowest BCUT2D eigenvalue weighted by atomic mass is 9.63. The predicted molar refractivity (Wildman–Crippen MR) is 101 cm³/mol. The van der Waals surface area contributed by atoms with E-state index in [1.54, 1.807) is 6.08 Å². The Bertz CT molecular complexity index is 715. The SMILES string of the molecule is C\C(=C/C=C/C=C/C(=O)O)c1ccc2c(c1)C(C)(C)CCC2(C)C. The predicted octanol–water partition coefficient (Wildman–Crippen LogP) is 5.64. The van der Waals surface area contributed by atoms with Crippen molar-refractivity contribution in [3.05, 3.63) is 65.3 Å². The minimum absolute atomic E-state index is 0.210. The molecular formula is C22H28O2. The Hall–Kier alpha value is -2.09. The average molecular weight is 324 g/mol. The fourth-order valence-electron chi connectivity index (χ4n) is 3.33. The molecule has 0 unspecified atom stereocenters. The van der Waals surface area contributed by atoms with Crippen LogP contribution in [0.1, 0.15) is 64.2 Å². The molecule has 0 heterocycles. The van der Waals surface area contributed by atoms with Crippen LogP contribution in [0.5, 0.6) is 0 Å². The fraction of sp³-hybridized carbons (Fsp3) is 0.409. The number of carboxylic acid groups (broad SMARTS) is 1. The molecule has 0 amide bonds. The van der Waals surface area contributed by atoms with Crippen molar-refractivity contribution in [2.75, 3.05) is 0 Å². The van der Waals surface area contributed by atoms with E-state index in [-0.39, 0.29) is 10.8 Å². The summed E-state index contributed by atoms with van der Waals surface area (Å²) in [4.78, 5) is 10.4. The molecule has 128 valence electrons. The van der Waals surface area contributed by atoms with Crippen molar-refractivity contribution >= 4 is 11.5 Å². The third kappa shape index (κ3) is 4.05. The van der Waals surface area contributed by atoms with Crippen LogP contribution in [-0.2, 0) is 15.6 Å². The first kappa shape index (κ1) is 18.3. The Kier molecular flexibility index (Phi) is 5.17. The second-order valence-electron chi connectivity index (χ2n) is 7.96. The minimum atomic E-state index is -0.931. The smallest absolute Gasteiger partial charge is 0.328 e. The normalized spacial score (nSPS) is 19.6. The molecule has 1 aliphatic carbocycles. The first-order valence-corrected chi connectivity index (χ1v) is 8.53. The molecule has 1 aromatic carbocycles. The van der Waals surface area contributed by atoms with Gasteiger partial charge in [0, 0.05) is 6.08 Å².